The van der Waals surface area contributed by atoms with Gasteiger partial charge in [0.15, 0.2) is 5.82 Å². The number of nitrogens with one attached hydrogen (secondary N) is 1. The van der Waals surface area contributed by atoms with Crippen LogP contribution in [-0.2, 0) is 17.8 Å². The van der Waals surface area contributed by atoms with Gasteiger partial charge < -0.3 is 10.6 Å². The van der Waals surface area contributed by atoms with Gasteiger partial charge in [0.25, 0.3) is 5.91 Å². The molecule has 3 N–H and O–H groups in total. The molecule has 150 valence electrons. The first-order valence-electron chi connectivity index (χ1n) is 8.60. The summed E-state index contributed by atoms with van der Waals surface area (Å²) in [5, 5.41) is 8.04. The molecule has 0 unspecified atom stereocenters. The molecule has 1 amide bonds. The second kappa shape index (κ2) is 9.20. The van der Waals surface area contributed by atoms with Crippen LogP contribution in [0.3, 0.4) is 0 Å². The number of hydrogen-bond donors (Lipinski definition) is 2. The van der Waals surface area contributed by atoms with Gasteiger partial charge in [-0.3, -0.25) is 4.79 Å². The minimum atomic E-state index is -0.584. The molecule has 0 aliphatic heterocycles. The number of rotatable bonds is 7. The molecule has 1 aromatic heterocycles. The Balaban J connectivity index is 1.64. The highest BCUT2D eigenvalue weighted by atomic mass is 79.9. The minimum absolute atomic E-state index is 0.297. The summed E-state index contributed by atoms with van der Waals surface area (Å²) >= 11 is 3.36. The number of nitrogen functional groups attached to an aromatic ring is 1. The van der Waals surface area contributed by atoms with E-state index in [1.54, 1.807) is 7.11 Å². The summed E-state index contributed by atoms with van der Waals surface area (Å²) in [5.41, 5.74) is 3.50. The van der Waals surface area contributed by atoms with E-state index in [-0.39, 0.29) is 6.54 Å². The van der Waals surface area contributed by atoms with Crippen molar-refractivity contribution in [2.45, 2.75) is 13.0 Å². The molecular weight excluding hydrogens is 440 g/mol. The Bertz CT molecular complexity index is 1090. The largest absolute Gasteiger partial charge is 0.497 e. The number of methoxy groups -OCH3 is 1. The van der Waals surface area contributed by atoms with Crippen LogP contribution in [0.4, 0.5) is 0 Å². The third-order valence-corrected chi connectivity index (χ3v) is 4.50. The van der Waals surface area contributed by atoms with Crippen LogP contribution in [0.1, 0.15) is 17.0 Å². The van der Waals surface area contributed by atoms with E-state index in [9.17, 15) is 9.59 Å². The van der Waals surface area contributed by atoms with Crippen molar-refractivity contribution in [2.75, 3.05) is 13.0 Å². The second-order valence-corrected chi connectivity index (χ2v) is 7.02. The molecule has 2 aromatic carbocycles. The molecule has 0 spiro atoms. The van der Waals surface area contributed by atoms with Crippen LogP contribution in [0.5, 0.6) is 5.75 Å². The van der Waals surface area contributed by atoms with Gasteiger partial charge in [0, 0.05) is 10.9 Å². The van der Waals surface area contributed by atoms with Gasteiger partial charge in [-0.15, -0.1) is 0 Å². The molecule has 0 atom stereocenters. The standard InChI is InChI=1S/C19H19BrN6O3/c1-29-16-7-5-13(6-8-16)10-17-24-25(19(28)26(17)21)12-18(27)23-22-11-14-3-2-4-15(20)9-14/h2-9,11H,10,12,21H2,1H3,(H,23,27)/b22-11+. The van der Waals surface area contributed by atoms with Crippen LogP contribution in [0, 0.1) is 0 Å². The molecule has 0 saturated carbocycles. The van der Waals surface area contributed by atoms with Crippen LogP contribution in [0.15, 0.2) is 62.9 Å². The molecule has 0 radical (unpaired) electrons. The molecule has 0 bridgehead atoms. The van der Waals surface area contributed by atoms with E-state index in [2.05, 4.69) is 31.6 Å². The Morgan fingerprint density at radius 2 is 2.07 bits per heavy atom. The number of ether oxygens (including phenoxy) is 1. The lowest BCUT2D eigenvalue weighted by Crippen LogP contribution is -2.34. The highest BCUT2D eigenvalue weighted by Crippen LogP contribution is 2.13. The topological polar surface area (TPSA) is 117 Å². The molecule has 0 aliphatic rings. The lowest BCUT2D eigenvalue weighted by Gasteiger charge is -2.02. The first-order chi connectivity index (χ1) is 14.0. The van der Waals surface area contributed by atoms with E-state index in [1.165, 1.54) is 6.21 Å². The average molecular weight is 459 g/mol. The zero-order valence-corrected chi connectivity index (χ0v) is 17.2. The zero-order valence-electron chi connectivity index (χ0n) is 15.6. The molecule has 9 nitrogen and oxygen atoms in total. The second-order valence-electron chi connectivity index (χ2n) is 6.10. The minimum Gasteiger partial charge on any atom is -0.497 e. The van der Waals surface area contributed by atoms with Crippen LogP contribution in [0.25, 0.3) is 0 Å². The highest BCUT2D eigenvalue weighted by molar-refractivity contribution is 9.10. The van der Waals surface area contributed by atoms with Crippen molar-refractivity contribution in [3.05, 3.63) is 80.4 Å². The summed E-state index contributed by atoms with van der Waals surface area (Å²) in [6.45, 7) is -0.297. The Morgan fingerprint density at radius 1 is 1.31 bits per heavy atom. The quantitative estimate of drug-likeness (QED) is 0.314. The smallest absolute Gasteiger partial charge is 0.365 e. The summed E-state index contributed by atoms with van der Waals surface area (Å²) in [6, 6.07) is 14.7. The third kappa shape index (κ3) is 5.32. The van der Waals surface area contributed by atoms with Gasteiger partial charge in [0.1, 0.15) is 12.3 Å². The van der Waals surface area contributed by atoms with Crippen molar-refractivity contribution in [3.8, 4) is 5.75 Å². The Kier molecular flexibility index (Phi) is 6.45. The molecule has 0 fully saturated rings. The SMILES string of the molecule is COc1ccc(Cc2nn(CC(=O)N/N=C/c3cccc(Br)c3)c(=O)n2N)cc1. The number of halogens is 1. The molecule has 29 heavy (non-hydrogen) atoms. The highest BCUT2D eigenvalue weighted by Gasteiger charge is 2.14. The van der Waals surface area contributed by atoms with Crippen molar-refractivity contribution in [3.63, 3.8) is 0 Å². The van der Waals surface area contributed by atoms with Crippen LogP contribution in [-0.4, -0.2) is 33.7 Å². The fraction of sp³-hybridized carbons (Fsp3) is 0.158. The van der Waals surface area contributed by atoms with E-state index in [1.807, 2.05) is 48.5 Å². The molecule has 10 heteroatoms. The lowest BCUT2D eigenvalue weighted by molar-refractivity contribution is -0.121. The van der Waals surface area contributed by atoms with E-state index in [0.717, 1.165) is 30.7 Å². The maximum atomic E-state index is 12.2. The number of nitrogens with zero attached hydrogens (tertiary/aromatic N) is 4. The van der Waals surface area contributed by atoms with Gasteiger partial charge in [-0.05, 0) is 35.4 Å². The van der Waals surface area contributed by atoms with E-state index >= 15 is 0 Å². The fourth-order valence-electron chi connectivity index (χ4n) is 2.55. The van der Waals surface area contributed by atoms with Crippen molar-refractivity contribution in [1.29, 1.82) is 0 Å². The van der Waals surface area contributed by atoms with Gasteiger partial charge in [0.2, 0.25) is 0 Å². The fourth-order valence-corrected chi connectivity index (χ4v) is 2.97. The number of amides is 1. The molecule has 3 rings (SSSR count). The lowest BCUT2D eigenvalue weighted by atomic mass is 10.1. The number of carbonyl (C=O) groups excluding carboxylic acids is 1. The maximum absolute atomic E-state index is 12.2. The van der Waals surface area contributed by atoms with Gasteiger partial charge in [-0.25, -0.2) is 14.9 Å². The summed E-state index contributed by atoms with van der Waals surface area (Å²) in [7, 11) is 1.59. The zero-order chi connectivity index (χ0) is 20.8. The first-order valence-corrected chi connectivity index (χ1v) is 9.40. The first kappa shape index (κ1) is 20.3. The summed E-state index contributed by atoms with van der Waals surface area (Å²) in [5.74, 6) is 6.38. The molecule has 3 aromatic rings. The van der Waals surface area contributed by atoms with Crippen molar-refractivity contribution >= 4 is 28.1 Å². The summed E-state index contributed by atoms with van der Waals surface area (Å²) in [4.78, 5) is 24.3. The number of benzene rings is 2. The Morgan fingerprint density at radius 3 is 2.76 bits per heavy atom. The molecule has 1 heterocycles. The maximum Gasteiger partial charge on any atom is 0.365 e. The van der Waals surface area contributed by atoms with E-state index < -0.39 is 11.6 Å². The molecule has 0 saturated heterocycles. The van der Waals surface area contributed by atoms with Crippen molar-refractivity contribution in [1.82, 2.24) is 19.9 Å². The third-order valence-electron chi connectivity index (χ3n) is 4.01. The van der Waals surface area contributed by atoms with Crippen LogP contribution >= 0.6 is 15.9 Å². The normalized spacial score (nSPS) is 11.0. The summed E-state index contributed by atoms with van der Waals surface area (Å²) < 4.78 is 7.95. The Labute approximate surface area is 174 Å². The Hall–Kier alpha value is -3.40. The van der Waals surface area contributed by atoms with Gasteiger partial charge in [-0.1, -0.05) is 40.2 Å². The number of hydrazone groups is 1. The number of nitrogens with two attached hydrogens (primary N) is 1. The summed E-state index contributed by atoms with van der Waals surface area (Å²) in [6.07, 6.45) is 1.84. The monoisotopic (exact) mass is 458 g/mol. The van der Waals surface area contributed by atoms with Gasteiger partial charge >= 0.3 is 5.69 Å². The molecular formula is C19H19BrN6O3. The van der Waals surface area contributed by atoms with Crippen molar-refractivity contribution in [2.24, 2.45) is 5.10 Å². The van der Waals surface area contributed by atoms with E-state index in [0.29, 0.717) is 12.2 Å². The van der Waals surface area contributed by atoms with Crippen molar-refractivity contribution < 1.29 is 9.53 Å². The number of aromatic nitrogens is 3. The van der Waals surface area contributed by atoms with E-state index in [4.69, 9.17) is 10.6 Å². The van der Waals surface area contributed by atoms with Crippen LogP contribution < -0.4 is 21.7 Å². The van der Waals surface area contributed by atoms with Crippen LogP contribution in [0.2, 0.25) is 0 Å². The number of hydrogen-bond acceptors (Lipinski definition) is 6. The molecule has 0 aliphatic carbocycles. The predicted octanol–water partition coefficient (Wildman–Crippen LogP) is 1.27. The number of carbonyl (C=O) groups is 1. The van der Waals surface area contributed by atoms with Gasteiger partial charge in [-0.2, -0.15) is 14.9 Å². The van der Waals surface area contributed by atoms with Gasteiger partial charge in [0.05, 0.1) is 13.3 Å². The predicted molar refractivity (Wildman–Crippen MR) is 112 cm³/mol. The average Bonchev–Trinajstić information content (AvgIpc) is 2.96.